The average molecular weight is 501 g/mol. The molecule has 1 aromatic rings. The van der Waals surface area contributed by atoms with Crippen LogP contribution in [0.15, 0.2) is 41.4 Å². The van der Waals surface area contributed by atoms with Crippen LogP contribution in [-0.4, -0.2) is 81.0 Å². The lowest BCUT2D eigenvalue weighted by Gasteiger charge is -2.43. The molecule has 3 heterocycles. The lowest BCUT2D eigenvalue weighted by atomic mass is 10.0. The molecule has 196 valence electrons. The molecule has 0 bridgehead atoms. The molecule has 0 radical (unpaired) electrons. The average Bonchev–Trinajstić information content (AvgIpc) is 2.87. The van der Waals surface area contributed by atoms with Gasteiger partial charge in [0.25, 0.3) is 0 Å². The zero-order chi connectivity index (χ0) is 25.4. The van der Waals surface area contributed by atoms with Crippen molar-refractivity contribution in [1.82, 2.24) is 15.1 Å². The molecular formula is C28H49N6P. The summed E-state index contributed by atoms with van der Waals surface area (Å²) in [6.45, 7) is 16.2. The Morgan fingerprint density at radius 2 is 1.74 bits per heavy atom. The molecule has 3 atom stereocenters. The van der Waals surface area contributed by atoms with Crippen molar-refractivity contribution in [3.8, 4) is 0 Å². The number of likely N-dealkylation sites (N-methyl/N-ethyl adjacent to an activating group) is 1. The summed E-state index contributed by atoms with van der Waals surface area (Å²) in [5.74, 6) is 0. The number of piperazine rings is 1. The maximum absolute atomic E-state index is 4.50. The zero-order valence-corrected chi connectivity index (χ0v) is 23.9. The van der Waals surface area contributed by atoms with E-state index >= 15 is 0 Å². The van der Waals surface area contributed by atoms with E-state index in [0.29, 0.717) is 5.66 Å². The van der Waals surface area contributed by atoms with E-state index in [4.69, 9.17) is 0 Å². The van der Waals surface area contributed by atoms with Gasteiger partial charge >= 0.3 is 0 Å². The SMILES string of the molecule is CC/C=C/C1PC(C)=C(C)NC1Nc1ccc(N2CCC(N3CCN(C)CC3)CC2)c(C)c1.CN. The Hall–Kier alpha value is -1.59. The molecule has 2 fully saturated rings. The van der Waals surface area contributed by atoms with Gasteiger partial charge in [0, 0.05) is 68.0 Å². The quantitative estimate of drug-likeness (QED) is 0.398. The highest BCUT2D eigenvalue weighted by molar-refractivity contribution is 7.44. The molecule has 35 heavy (non-hydrogen) atoms. The predicted octanol–water partition coefficient (Wildman–Crippen LogP) is 4.39. The number of nitrogens with two attached hydrogens (primary N) is 1. The Labute approximate surface area is 216 Å². The molecule has 3 aliphatic heterocycles. The van der Waals surface area contributed by atoms with Gasteiger partial charge in [-0.3, -0.25) is 4.90 Å². The summed E-state index contributed by atoms with van der Waals surface area (Å²) in [6, 6.07) is 7.72. The Kier molecular flexibility index (Phi) is 10.9. The van der Waals surface area contributed by atoms with E-state index in [2.05, 4.69) is 96.2 Å². The fourth-order valence-electron chi connectivity index (χ4n) is 5.38. The number of rotatable bonds is 6. The Bertz CT molecular complexity index is 853. The summed E-state index contributed by atoms with van der Waals surface area (Å²) in [4.78, 5) is 7.79. The molecule has 1 aromatic carbocycles. The predicted molar refractivity (Wildman–Crippen MR) is 156 cm³/mol. The molecule has 0 amide bonds. The molecule has 3 unspecified atom stereocenters. The second kappa shape index (κ2) is 13.6. The summed E-state index contributed by atoms with van der Waals surface area (Å²) in [7, 11) is 4.58. The van der Waals surface area contributed by atoms with Crippen molar-refractivity contribution < 1.29 is 0 Å². The van der Waals surface area contributed by atoms with Crippen molar-refractivity contribution in [3.63, 3.8) is 0 Å². The van der Waals surface area contributed by atoms with Crippen molar-refractivity contribution in [2.24, 2.45) is 5.73 Å². The summed E-state index contributed by atoms with van der Waals surface area (Å²) in [5.41, 5.74) is 10.3. The van der Waals surface area contributed by atoms with Gasteiger partial charge in [0.1, 0.15) is 6.17 Å². The number of benzene rings is 1. The maximum Gasteiger partial charge on any atom is 0.107 e. The smallest absolute Gasteiger partial charge is 0.107 e. The molecule has 4 N–H and O–H groups in total. The van der Waals surface area contributed by atoms with Crippen LogP contribution in [0.25, 0.3) is 0 Å². The van der Waals surface area contributed by atoms with Crippen LogP contribution in [0.1, 0.15) is 45.6 Å². The normalized spacial score (nSPS) is 25.5. The molecule has 0 aliphatic carbocycles. The van der Waals surface area contributed by atoms with Crippen LogP contribution in [0.4, 0.5) is 11.4 Å². The van der Waals surface area contributed by atoms with Gasteiger partial charge in [0.05, 0.1) is 0 Å². The van der Waals surface area contributed by atoms with Crippen LogP contribution >= 0.6 is 8.58 Å². The van der Waals surface area contributed by atoms with E-state index in [-0.39, 0.29) is 6.17 Å². The Balaban J connectivity index is 0.00000167. The minimum absolute atomic E-state index is 0.249. The van der Waals surface area contributed by atoms with E-state index in [9.17, 15) is 0 Å². The number of allylic oxidation sites excluding steroid dienone is 3. The number of piperidine rings is 1. The molecular weight excluding hydrogens is 451 g/mol. The molecule has 2 saturated heterocycles. The van der Waals surface area contributed by atoms with Crippen LogP contribution in [0.5, 0.6) is 0 Å². The first-order valence-electron chi connectivity index (χ1n) is 13.4. The van der Waals surface area contributed by atoms with Gasteiger partial charge in [-0.05, 0) is 83.2 Å². The van der Waals surface area contributed by atoms with Gasteiger partial charge in [0.2, 0.25) is 0 Å². The van der Waals surface area contributed by atoms with E-state index in [0.717, 1.165) is 21.0 Å². The number of hydrogen-bond acceptors (Lipinski definition) is 6. The summed E-state index contributed by atoms with van der Waals surface area (Å²) in [6.07, 6.45) is 8.61. The van der Waals surface area contributed by atoms with Crippen LogP contribution in [-0.2, 0) is 0 Å². The highest BCUT2D eigenvalue weighted by Gasteiger charge is 2.28. The molecule has 0 spiro atoms. The topological polar surface area (TPSA) is 59.8 Å². The monoisotopic (exact) mass is 500 g/mol. The minimum atomic E-state index is 0.249. The van der Waals surface area contributed by atoms with E-state index in [1.807, 2.05) is 0 Å². The van der Waals surface area contributed by atoms with Crippen LogP contribution in [0.3, 0.4) is 0 Å². The van der Waals surface area contributed by atoms with Gasteiger partial charge in [-0.25, -0.2) is 0 Å². The highest BCUT2D eigenvalue weighted by Crippen LogP contribution is 2.38. The van der Waals surface area contributed by atoms with Gasteiger partial charge in [-0.1, -0.05) is 27.7 Å². The molecule has 3 aliphatic rings. The Morgan fingerprint density at radius 1 is 1.06 bits per heavy atom. The van der Waals surface area contributed by atoms with Gasteiger partial charge in [-0.2, -0.15) is 0 Å². The third-order valence-electron chi connectivity index (χ3n) is 7.63. The first kappa shape index (κ1) is 28.0. The van der Waals surface area contributed by atoms with Crippen molar-refractivity contribution in [1.29, 1.82) is 0 Å². The molecule has 4 rings (SSSR count). The highest BCUT2D eigenvalue weighted by atomic mass is 31.1. The largest absolute Gasteiger partial charge is 0.371 e. The van der Waals surface area contributed by atoms with Crippen LogP contribution in [0, 0.1) is 6.92 Å². The summed E-state index contributed by atoms with van der Waals surface area (Å²) < 4.78 is 0. The standard InChI is InChI=1S/C27H44N5P.CH5N/c1-6-7-8-26-27(28-21(3)22(4)33-26)29-23-9-10-25(20(2)19-23)32-13-11-24(12-14-32)31-17-15-30(5)16-18-31;1-2/h7-10,19,24,26-29,33H,6,11-18H2,1-5H3;2H2,1H3/b8-7+;. The first-order chi connectivity index (χ1) is 16.9. The fraction of sp³-hybridized carbons (Fsp3) is 0.643. The molecule has 6 nitrogen and oxygen atoms in total. The van der Waals surface area contributed by atoms with Crippen LogP contribution < -0.4 is 21.3 Å². The molecule has 0 aromatic heterocycles. The van der Waals surface area contributed by atoms with E-state index < -0.39 is 0 Å². The molecule has 0 saturated carbocycles. The third-order valence-corrected chi connectivity index (χ3v) is 9.30. The second-order valence-corrected chi connectivity index (χ2v) is 11.8. The lowest BCUT2D eigenvalue weighted by molar-refractivity contribution is 0.0982. The van der Waals surface area contributed by atoms with Gasteiger partial charge < -0.3 is 26.2 Å². The third kappa shape index (κ3) is 7.45. The van der Waals surface area contributed by atoms with Crippen molar-refractivity contribution >= 4 is 20.0 Å². The number of aryl methyl sites for hydroxylation is 1. The van der Waals surface area contributed by atoms with E-state index in [1.54, 1.807) is 0 Å². The number of hydrogen-bond donors (Lipinski definition) is 3. The fourth-order valence-corrected chi connectivity index (χ4v) is 6.73. The first-order valence-corrected chi connectivity index (χ1v) is 14.5. The van der Waals surface area contributed by atoms with Crippen molar-refractivity contribution in [3.05, 3.63) is 46.9 Å². The van der Waals surface area contributed by atoms with Gasteiger partial charge in [0.15, 0.2) is 0 Å². The summed E-state index contributed by atoms with van der Waals surface area (Å²) >= 11 is 0. The zero-order valence-electron chi connectivity index (χ0n) is 22.9. The second-order valence-electron chi connectivity index (χ2n) is 10.1. The lowest BCUT2D eigenvalue weighted by Crippen LogP contribution is -2.52. The van der Waals surface area contributed by atoms with Crippen LogP contribution in [0.2, 0.25) is 0 Å². The number of anilines is 2. The number of nitrogens with zero attached hydrogens (tertiary/aromatic N) is 3. The molecule has 7 heteroatoms. The summed E-state index contributed by atoms with van der Waals surface area (Å²) in [5, 5.41) is 9.00. The van der Waals surface area contributed by atoms with Gasteiger partial charge in [-0.15, -0.1) is 0 Å². The maximum atomic E-state index is 4.50. The number of nitrogens with one attached hydrogen (secondary N) is 2. The van der Waals surface area contributed by atoms with E-state index in [1.165, 1.54) is 87.1 Å². The Morgan fingerprint density at radius 3 is 2.37 bits per heavy atom. The minimum Gasteiger partial charge on any atom is -0.371 e. The van der Waals surface area contributed by atoms with Crippen molar-refractivity contribution in [2.75, 3.05) is 63.6 Å². The van der Waals surface area contributed by atoms with Crippen molar-refractivity contribution in [2.45, 2.75) is 64.8 Å².